The minimum Gasteiger partial charge on any atom is -0.341 e. The number of likely N-dealkylation sites (tertiary alicyclic amines) is 1. The molecule has 0 bridgehead atoms. The first kappa shape index (κ1) is 20.0. The van der Waals surface area contributed by atoms with Gasteiger partial charge >= 0.3 is 0 Å². The molecule has 5 rings (SSSR count). The Labute approximate surface area is 187 Å². The Kier molecular flexibility index (Phi) is 5.56. The molecule has 1 aromatic heterocycles. The van der Waals surface area contributed by atoms with Crippen molar-refractivity contribution in [2.45, 2.75) is 25.7 Å². The molecule has 3 aliphatic rings. The van der Waals surface area contributed by atoms with Crippen LogP contribution < -0.4 is 0 Å². The number of allylic oxidation sites excluding steroid dienone is 4. The van der Waals surface area contributed by atoms with Gasteiger partial charge in [0.15, 0.2) is 18.0 Å². The second kappa shape index (κ2) is 8.64. The van der Waals surface area contributed by atoms with Crippen molar-refractivity contribution >= 4 is 29.3 Å². The molecule has 31 heavy (non-hydrogen) atoms. The summed E-state index contributed by atoms with van der Waals surface area (Å²) in [6.07, 6.45) is 15.5. The van der Waals surface area contributed by atoms with Crippen LogP contribution in [0.3, 0.4) is 0 Å². The van der Waals surface area contributed by atoms with Crippen LogP contribution >= 0.6 is 11.6 Å². The first-order valence-electron chi connectivity index (χ1n) is 10.8. The molecule has 1 saturated heterocycles. The van der Waals surface area contributed by atoms with Gasteiger partial charge in [-0.1, -0.05) is 29.8 Å². The van der Waals surface area contributed by atoms with E-state index in [2.05, 4.69) is 39.9 Å². The molecule has 1 aliphatic carbocycles. The molecule has 0 N–H and O–H groups in total. The highest BCUT2D eigenvalue weighted by atomic mass is 35.5. The zero-order valence-corrected chi connectivity index (χ0v) is 18.2. The van der Waals surface area contributed by atoms with Crippen molar-refractivity contribution in [2.24, 2.45) is 0 Å². The number of nitrogens with zero attached hydrogens (tertiary/aromatic N) is 3. The zero-order chi connectivity index (χ0) is 21.2. The zero-order valence-electron chi connectivity index (χ0n) is 17.4. The van der Waals surface area contributed by atoms with E-state index in [0.717, 1.165) is 49.5 Å². The van der Waals surface area contributed by atoms with E-state index in [0.29, 0.717) is 6.42 Å². The molecule has 5 heteroatoms. The fourth-order valence-electron chi connectivity index (χ4n) is 4.63. The van der Waals surface area contributed by atoms with Crippen LogP contribution in [0, 0.1) is 0 Å². The molecular formula is C26H25ClN3O+. The number of hydrogen-bond donors (Lipinski definition) is 0. The predicted molar refractivity (Wildman–Crippen MR) is 124 cm³/mol. The average Bonchev–Trinajstić information content (AvgIpc) is 2.99. The number of hydrogen-bond acceptors (Lipinski definition) is 2. The van der Waals surface area contributed by atoms with Gasteiger partial charge in [-0.2, -0.15) is 4.58 Å². The topological polar surface area (TPSA) is 36.2 Å². The number of carbonyl (C=O) groups is 1. The minimum absolute atomic E-state index is 0.189. The maximum atomic E-state index is 12.7. The standard InChI is InChI=1S/C26H25ClN3O/c27-23-8-7-22-17-25-20(5-6-21(22)16-23)4-2-12-30(25)24-9-13-29(14-10-24)26(31)15-19-3-1-11-28-18-19/h1-8,11,16,18H,9-10,12-15,17H2/q+1. The molecule has 3 heterocycles. The molecule has 156 valence electrons. The molecule has 0 saturated carbocycles. The Balaban J connectivity index is 1.33. The van der Waals surface area contributed by atoms with Crippen LogP contribution in [-0.4, -0.2) is 45.7 Å². The maximum Gasteiger partial charge on any atom is 0.227 e. The van der Waals surface area contributed by atoms with Gasteiger partial charge in [0, 0.05) is 48.9 Å². The third-order valence-electron chi connectivity index (χ3n) is 6.31. The van der Waals surface area contributed by atoms with E-state index in [4.69, 9.17) is 11.6 Å². The van der Waals surface area contributed by atoms with Gasteiger partial charge in [0.25, 0.3) is 0 Å². The van der Waals surface area contributed by atoms with Crippen LogP contribution in [0.15, 0.2) is 72.2 Å². The Bertz CT molecular complexity index is 1130. The van der Waals surface area contributed by atoms with Crippen LogP contribution in [0.4, 0.5) is 0 Å². The van der Waals surface area contributed by atoms with Gasteiger partial charge in [-0.25, -0.2) is 0 Å². The van der Waals surface area contributed by atoms with Gasteiger partial charge in [0.05, 0.1) is 12.8 Å². The van der Waals surface area contributed by atoms with Crippen molar-refractivity contribution in [1.29, 1.82) is 0 Å². The predicted octanol–water partition coefficient (Wildman–Crippen LogP) is 4.45. The fourth-order valence-corrected chi connectivity index (χ4v) is 4.81. The number of benzene rings is 1. The molecule has 2 aromatic rings. The summed E-state index contributed by atoms with van der Waals surface area (Å²) in [5.41, 5.74) is 7.51. The molecule has 0 unspecified atom stereocenters. The van der Waals surface area contributed by atoms with E-state index < -0.39 is 0 Å². The van der Waals surface area contributed by atoms with Gasteiger partial charge in [0.1, 0.15) is 0 Å². The van der Waals surface area contributed by atoms with Crippen LogP contribution in [0.25, 0.3) is 6.08 Å². The summed E-state index contributed by atoms with van der Waals surface area (Å²) in [7, 11) is 0. The lowest BCUT2D eigenvalue weighted by Crippen LogP contribution is -2.42. The van der Waals surface area contributed by atoms with Crippen molar-refractivity contribution in [2.75, 3.05) is 19.6 Å². The number of rotatable bonds is 2. The number of aromatic nitrogens is 1. The summed E-state index contributed by atoms with van der Waals surface area (Å²) in [4.78, 5) is 18.8. The SMILES string of the molecule is O=C(Cc1cccnc1)N1CCC(=[N+]2CC=CC3=C2Cc2ccc(Cl)cc2C=C3)CC1. The molecule has 0 radical (unpaired) electrons. The molecule has 1 amide bonds. The van der Waals surface area contributed by atoms with E-state index in [9.17, 15) is 4.79 Å². The quantitative estimate of drug-likeness (QED) is 0.660. The summed E-state index contributed by atoms with van der Waals surface area (Å²) in [6, 6.07) is 10.00. The Morgan fingerprint density at radius 1 is 1.13 bits per heavy atom. The lowest BCUT2D eigenvalue weighted by Gasteiger charge is -2.28. The maximum absolute atomic E-state index is 12.7. The summed E-state index contributed by atoms with van der Waals surface area (Å²) in [6.45, 7) is 2.45. The highest BCUT2D eigenvalue weighted by molar-refractivity contribution is 6.30. The van der Waals surface area contributed by atoms with Crippen molar-refractivity contribution in [3.05, 3.63) is 93.9 Å². The third kappa shape index (κ3) is 4.26. The minimum atomic E-state index is 0.189. The second-order valence-corrected chi connectivity index (χ2v) is 8.69. The van der Waals surface area contributed by atoms with Crippen LogP contribution in [0.2, 0.25) is 5.02 Å². The number of fused-ring (bicyclic) bond motifs is 1. The normalized spacial score (nSPS) is 18.0. The van der Waals surface area contributed by atoms with Gasteiger partial charge in [-0.05, 0) is 53.1 Å². The molecule has 1 aromatic carbocycles. The van der Waals surface area contributed by atoms with E-state index >= 15 is 0 Å². The first-order valence-corrected chi connectivity index (χ1v) is 11.2. The number of piperidine rings is 1. The third-order valence-corrected chi connectivity index (χ3v) is 6.54. The van der Waals surface area contributed by atoms with Crippen LogP contribution in [0.1, 0.15) is 29.5 Å². The molecule has 2 aliphatic heterocycles. The van der Waals surface area contributed by atoms with Gasteiger partial charge in [-0.3, -0.25) is 9.78 Å². The Morgan fingerprint density at radius 2 is 2.00 bits per heavy atom. The summed E-state index contributed by atoms with van der Waals surface area (Å²) in [5.74, 6) is 0.189. The van der Waals surface area contributed by atoms with Gasteiger partial charge in [-0.15, -0.1) is 0 Å². The number of carbonyl (C=O) groups excluding carboxylic acids is 1. The number of pyridine rings is 1. The largest absolute Gasteiger partial charge is 0.341 e. The van der Waals surface area contributed by atoms with E-state index in [1.807, 2.05) is 29.2 Å². The van der Waals surface area contributed by atoms with Crippen LogP contribution in [0.5, 0.6) is 0 Å². The molecular weight excluding hydrogens is 406 g/mol. The smallest absolute Gasteiger partial charge is 0.227 e. The van der Waals surface area contributed by atoms with Gasteiger partial charge in [0.2, 0.25) is 5.91 Å². The summed E-state index contributed by atoms with van der Waals surface area (Å²) < 4.78 is 2.48. The molecule has 0 spiro atoms. The Hall–Kier alpha value is -2.98. The van der Waals surface area contributed by atoms with Gasteiger partial charge < -0.3 is 4.90 Å². The number of halogens is 1. The van der Waals surface area contributed by atoms with Crippen molar-refractivity contribution in [3.8, 4) is 0 Å². The van der Waals surface area contributed by atoms with E-state index in [-0.39, 0.29) is 5.91 Å². The average molecular weight is 431 g/mol. The van der Waals surface area contributed by atoms with E-state index in [1.54, 1.807) is 12.4 Å². The summed E-state index contributed by atoms with van der Waals surface area (Å²) in [5, 5.41) is 0.772. The number of amides is 1. The molecule has 0 atom stereocenters. The molecule has 1 fully saturated rings. The van der Waals surface area contributed by atoms with Crippen molar-refractivity contribution in [3.63, 3.8) is 0 Å². The van der Waals surface area contributed by atoms with Crippen LogP contribution in [-0.2, 0) is 17.6 Å². The Morgan fingerprint density at radius 3 is 2.81 bits per heavy atom. The lowest BCUT2D eigenvalue weighted by atomic mass is 10.00. The van der Waals surface area contributed by atoms with Crippen molar-refractivity contribution < 1.29 is 9.37 Å². The monoisotopic (exact) mass is 430 g/mol. The van der Waals surface area contributed by atoms with E-state index in [1.165, 1.54) is 28.1 Å². The highest BCUT2D eigenvalue weighted by Crippen LogP contribution is 2.29. The highest BCUT2D eigenvalue weighted by Gasteiger charge is 2.30. The fraction of sp³-hybridized carbons (Fsp3) is 0.269. The molecule has 4 nitrogen and oxygen atoms in total. The lowest BCUT2D eigenvalue weighted by molar-refractivity contribution is -0.473. The van der Waals surface area contributed by atoms with Crippen molar-refractivity contribution in [1.82, 2.24) is 9.88 Å². The second-order valence-electron chi connectivity index (χ2n) is 8.25. The summed E-state index contributed by atoms with van der Waals surface area (Å²) >= 11 is 6.21. The first-order chi connectivity index (χ1) is 15.2.